The van der Waals surface area contributed by atoms with Crippen molar-refractivity contribution in [3.63, 3.8) is 0 Å². The maximum atomic E-state index is 11.7. The molecule has 2 rings (SSSR count). The summed E-state index contributed by atoms with van der Waals surface area (Å²) in [5, 5.41) is 0. The molecule has 0 N–H and O–H groups in total. The quantitative estimate of drug-likeness (QED) is 0.641. The SMILES string of the molecule is COc1cc(-c2ccc(OCCN(C)C)cc2)c(C=O)c(OC)c1OC. The monoisotopic (exact) mass is 359 g/mol. The number of hydrogen-bond acceptors (Lipinski definition) is 6. The van der Waals surface area contributed by atoms with E-state index in [0.29, 0.717) is 35.0 Å². The second kappa shape index (κ2) is 9.10. The molecule has 0 saturated carbocycles. The lowest BCUT2D eigenvalue weighted by Gasteiger charge is -2.17. The van der Waals surface area contributed by atoms with Crippen molar-refractivity contribution >= 4 is 6.29 Å². The fourth-order valence-electron chi connectivity index (χ4n) is 2.61. The van der Waals surface area contributed by atoms with Crippen molar-refractivity contribution in [2.24, 2.45) is 0 Å². The zero-order valence-corrected chi connectivity index (χ0v) is 15.9. The molecule has 0 aliphatic rings. The van der Waals surface area contributed by atoms with Crippen LogP contribution < -0.4 is 18.9 Å². The van der Waals surface area contributed by atoms with Crippen molar-refractivity contribution in [2.45, 2.75) is 0 Å². The summed E-state index contributed by atoms with van der Waals surface area (Å²) < 4.78 is 21.8. The lowest BCUT2D eigenvalue weighted by Crippen LogP contribution is -2.19. The van der Waals surface area contributed by atoms with E-state index in [1.807, 2.05) is 38.4 Å². The molecule has 0 bridgehead atoms. The summed E-state index contributed by atoms with van der Waals surface area (Å²) in [5.74, 6) is 2.01. The minimum atomic E-state index is 0.350. The molecule has 140 valence electrons. The Morgan fingerprint density at radius 1 is 0.962 bits per heavy atom. The molecule has 2 aromatic carbocycles. The van der Waals surface area contributed by atoms with Crippen LogP contribution in [0.4, 0.5) is 0 Å². The van der Waals surface area contributed by atoms with E-state index in [1.165, 1.54) is 14.2 Å². The normalized spacial score (nSPS) is 10.5. The van der Waals surface area contributed by atoms with E-state index in [9.17, 15) is 4.79 Å². The van der Waals surface area contributed by atoms with Gasteiger partial charge in [0.05, 0.1) is 26.9 Å². The fraction of sp³-hybridized carbons (Fsp3) is 0.350. The van der Waals surface area contributed by atoms with Crippen LogP contribution in [-0.4, -0.2) is 59.8 Å². The largest absolute Gasteiger partial charge is 0.493 e. The summed E-state index contributed by atoms with van der Waals surface area (Å²) >= 11 is 0. The third kappa shape index (κ3) is 4.26. The van der Waals surface area contributed by atoms with Crippen LogP contribution >= 0.6 is 0 Å². The number of likely N-dealkylation sites (N-methyl/N-ethyl adjacent to an activating group) is 1. The molecule has 6 heteroatoms. The van der Waals surface area contributed by atoms with E-state index in [-0.39, 0.29) is 0 Å². The smallest absolute Gasteiger partial charge is 0.204 e. The Hall–Kier alpha value is -2.73. The second-order valence-corrected chi connectivity index (χ2v) is 5.90. The van der Waals surface area contributed by atoms with Crippen molar-refractivity contribution < 1.29 is 23.7 Å². The predicted molar refractivity (Wildman–Crippen MR) is 101 cm³/mol. The van der Waals surface area contributed by atoms with E-state index < -0.39 is 0 Å². The summed E-state index contributed by atoms with van der Waals surface area (Å²) in [5.41, 5.74) is 1.96. The summed E-state index contributed by atoms with van der Waals surface area (Å²) in [6.45, 7) is 1.44. The summed E-state index contributed by atoms with van der Waals surface area (Å²) in [4.78, 5) is 13.8. The molecule has 0 aromatic heterocycles. The fourth-order valence-corrected chi connectivity index (χ4v) is 2.61. The van der Waals surface area contributed by atoms with E-state index in [0.717, 1.165) is 24.1 Å². The van der Waals surface area contributed by atoms with Gasteiger partial charge in [0.2, 0.25) is 5.75 Å². The van der Waals surface area contributed by atoms with Gasteiger partial charge in [-0.05, 0) is 43.4 Å². The minimum absolute atomic E-state index is 0.350. The Morgan fingerprint density at radius 2 is 1.62 bits per heavy atom. The third-order valence-electron chi connectivity index (χ3n) is 3.96. The molecule has 6 nitrogen and oxygen atoms in total. The minimum Gasteiger partial charge on any atom is -0.493 e. The molecular weight excluding hydrogens is 334 g/mol. The van der Waals surface area contributed by atoms with E-state index in [4.69, 9.17) is 18.9 Å². The highest BCUT2D eigenvalue weighted by Crippen LogP contribution is 2.44. The van der Waals surface area contributed by atoms with Gasteiger partial charge in [-0.15, -0.1) is 0 Å². The number of aldehydes is 1. The van der Waals surface area contributed by atoms with Crippen LogP contribution in [0.3, 0.4) is 0 Å². The van der Waals surface area contributed by atoms with Crippen LogP contribution in [0.1, 0.15) is 10.4 Å². The highest BCUT2D eigenvalue weighted by molar-refractivity contribution is 5.94. The first-order valence-electron chi connectivity index (χ1n) is 8.21. The van der Waals surface area contributed by atoms with Gasteiger partial charge in [0.15, 0.2) is 17.8 Å². The molecule has 0 spiro atoms. The van der Waals surface area contributed by atoms with Crippen molar-refractivity contribution in [1.82, 2.24) is 4.90 Å². The Kier molecular flexibility index (Phi) is 6.86. The average Bonchev–Trinajstić information content (AvgIpc) is 2.66. The summed E-state index contributed by atoms with van der Waals surface area (Å²) in [7, 11) is 8.54. The molecule has 0 fully saturated rings. The van der Waals surface area contributed by atoms with Crippen LogP contribution in [0.2, 0.25) is 0 Å². The van der Waals surface area contributed by atoms with Gasteiger partial charge >= 0.3 is 0 Å². The average molecular weight is 359 g/mol. The highest BCUT2D eigenvalue weighted by Gasteiger charge is 2.21. The Labute approximate surface area is 154 Å². The molecule has 0 saturated heterocycles. The van der Waals surface area contributed by atoms with Crippen molar-refractivity contribution in [2.75, 3.05) is 48.6 Å². The standard InChI is InChI=1S/C20H25NO5/c1-21(2)10-11-26-15-8-6-14(7-9-15)16-12-18(23-3)20(25-5)19(24-4)17(16)13-22/h6-9,12-13H,10-11H2,1-5H3. The number of carbonyl (C=O) groups excluding carboxylic acids is 1. The molecule has 0 aliphatic carbocycles. The van der Waals surface area contributed by atoms with Gasteiger partial charge in [-0.25, -0.2) is 0 Å². The first kappa shape index (κ1) is 19.6. The molecule has 0 aliphatic heterocycles. The van der Waals surface area contributed by atoms with Crippen LogP contribution in [0.5, 0.6) is 23.0 Å². The molecule has 0 atom stereocenters. The molecular formula is C20H25NO5. The van der Waals surface area contributed by atoms with E-state index >= 15 is 0 Å². The first-order valence-corrected chi connectivity index (χ1v) is 8.21. The number of carbonyl (C=O) groups is 1. The Bertz CT molecular complexity index is 741. The number of hydrogen-bond donors (Lipinski definition) is 0. The van der Waals surface area contributed by atoms with E-state index in [2.05, 4.69) is 4.90 Å². The van der Waals surface area contributed by atoms with Crippen LogP contribution in [-0.2, 0) is 0 Å². The van der Waals surface area contributed by atoms with Gasteiger partial charge in [-0.2, -0.15) is 0 Å². The lowest BCUT2D eigenvalue weighted by atomic mass is 9.98. The molecule has 2 aromatic rings. The zero-order valence-electron chi connectivity index (χ0n) is 15.9. The van der Waals surface area contributed by atoms with Crippen molar-refractivity contribution in [3.05, 3.63) is 35.9 Å². The number of benzene rings is 2. The highest BCUT2D eigenvalue weighted by atomic mass is 16.5. The Balaban J connectivity index is 2.39. The zero-order chi connectivity index (χ0) is 19.1. The molecule has 0 unspecified atom stereocenters. The van der Waals surface area contributed by atoms with Crippen LogP contribution in [0, 0.1) is 0 Å². The number of nitrogens with zero attached hydrogens (tertiary/aromatic N) is 1. The number of rotatable bonds is 9. The Morgan fingerprint density at radius 3 is 2.12 bits per heavy atom. The van der Waals surface area contributed by atoms with Crippen LogP contribution in [0.25, 0.3) is 11.1 Å². The first-order chi connectivity index (χ1) is 12.5. The van der Waals surface area contributed by atoms with Gasteiger partial charge in [0.25, 0.3) is 0 Å². The molecule has 0 radical (unpaired) electrons. The van der Waals surface area contributed by atoms with Crippen molar-refractivity contribution in [3.8, 4) is 34.1 Å². The van der Waals surface area contributed by atoms with Gasteiger partial charge in [-0.3, -0.25) is 4.79 Å². The van der Waals surface area contributed by atoms with E-state index in [1.54, 1.807) is 13.2 Å². The topological polar surface area (TPSA) is 57.2 Å². The van der Waals surface area contributed by atoms with Gasteiger partial charge in [0.1, 0.15) is 12.4 Å². The molecule has 26 heavy (non-hydrogen) atoms. The molecule has 0 heterocycles. The number of methoxy groups -OCH3 is 3. The maximum Gasteiger partial charge on any atom is 0.204 e. The molecule has 0 amide bonds. The van der Waals surface area contributed by atoms with Gasteiger partial charge in [0, 0.05) is 6.54 Å². The van der Waals surface area contributed by atoms with Crippen LogP contribution in [0.15, 0.2) is 30.3 Å². The number of ether oxygens (including phenoxy) is 4. The predicted octanol–water partition coefficient (Wildman–Crippen LogP) is 3.13. The second-order valence-electron chi connectivity index (χ2n) is 5.90. The summed E-state index contributed by atoms with van der Waals surface area (Å²) in [6, 6.07) is 9.33. The third-order valence-corrected chi connectivity index (χ3v) is 3.96. The summed E-state index contributed by atoms with van der Waals surface area (Å²) in [6.07, 6.45) is 0.762. The van der Waals surface area contributed by atoms with Gasteiger partial charge in [-0.1, -0.05) is 12.1 Å². The van der Waals surface area contributed by atoms with Gasteiger partial charge < -0.3 is 23.8 Å². The lowest BCUT2D eigenvalue weighted by molar-refractivity contribution is 0.112. The van der Waals surface area contributed by atoms with Crippen molar-refractivity contribution in [1.29, 1.82) is 0 Å². The maximum absolute atomic E-state index is 11.7.